The van der Waals surface area contributed by atoms with Crippen molar-refractivity contribution < 1.29 is 9.84 Å². The van der Waals surface area contributed by atoms with Crippen LogP contribution in [0.15, 0.2) is 126 Å². The van der Waals surface area contributed by atoms with Crippen LogP contribution in [0.1, 0.15) is 5.56 Å². The van der Waals surface area contributed by atoms with E-state index in [4.69, 9.17) is 4.74 Å². The van der Waals surface area contributed by atoms with Crippen LogP contribution in [0.2, 0.25) is 0 Å². The second kappa shape index (κ2) is 10.8. The summed E-state index contributed by atoms with van der Waals surface area (Å²) in [7, 11) is 1.62. The molecule has 0 heterocycles. The highest BCUT2D eigenvalue weighted by molar-refractivity contribution is 9.10. The first kappa shape index (κ1) is 23.9. The van der Waals surface area contributed by atoms with Crippen molar-refractivity contribution in [1.82, 2.24) is 0 Å². The van der Waals surface area contributed by atoms with Crippen LogP contribution < -0.4 is 9.64 Å². The zero-order valence-electron chi connectivity index (χ0n) is 19.9. The molecule has 0 saturated heterocycles. The van der Waals surface area contributed by atoms with E-state index < -0.39 is 0 Å². The van der Waals surface area contributed by atoms with Gasteiger partial charge in [-0.25, -0.2) is 0 Å². The van der Waals surface area contributed by atoms with Gasteiger partial charge in [0.25, 0.3) is 0 Å². The summed E-state index contributed by atoms with van der Waals surface area (Å²) >= 11 is 3.74. The first-order chi connectivity index (χ1) is 17.7. The number of methoxy groups -OCH3 is 1. The van der Waals surface area contributed by atoms with Crippen LogP contribution >= 0.6 is 15.9 Å². The summed E-state index contributed by atoms with van der Waals surface area (Å²) in [4.78, 5) is 2.19. The van der Waals surface area contributed by atoms with E-state index in [9.17, 15) is 5.11 Å². The molecule has 1 N–H and O–H groups in total. The standard InChI is InChI=1S/C32H26BrNO2/c1-36-32-21-31(30(33)20-27(32)22-35)34(28-16-12-25(13-17-28)23-8-4-2-5-9-23)29-18-14-26(15-19-29)24-10-6-3-7-11-24/h2-21,35H,22H2,1H3. The fraction of sp³-hybridized carbons (Fsp3) is 0.0625. The van der Waals surface area contributed by atoms with Crippen LogP contribution in [0, 0.1) is 0 Å². The van der Waals surface area contributed by atoms with E-state index in [1.165, 1.54) is 11.1 Å². The lowest BCUT2D eigenvalue weighted by molar-refractivity contribution is 0.273. The Hall–Kier alpha value is -3.86. The number of hydrogen-bond donors (Lipinski definition) is 1. The summed E-state index contributed by atoms with van der Waals surface area (Å²) in [5.74, 6) is 0.641. The highest BCUT2D eigenvalue weighted by Gasteiger charge is 2.19. The van der Waals surface area contributed by atoms with Gasteiger partial charge in [-0.3, -0.25) is 0 Å². The number of halogens is 1. The van der Waals surface area contributed by atoms with Gasteiger partial charge in [0, 0.05) is 27.5 Å². The van der Waals surface area contributed by atoms with E-state index in [1.807, 2.05) is 24.3 Å². The van der Waals surface area contributed by atoms with Crippen LogP contribution in [0.4, 0.5) is 17.1 Å². The van der Waals surface area contributed by atoms with Crippen molar-refractivity contribution in [2.45, 2.75) is 6.61 Å². The number of nitrogens with zero attached hydrogens (tertiary/aromatic N) is 1. The number of anilines is 3. The number of aliphatic hydroxyl groups excluding tert-OH is 1. The third kappa shape index (κ3) is 4.92. The molecule has 178 valence electrons. The SMILES string of the molecule is COc1cc(N(c2ccc(-c3ccccc3)cc2)c2ccc(-c3ccccc3)cc2)c(Br)cc1CO. The average molecular weight is 536 g/mol. The van der Waals surface area contributed by atoms with Gasteiger partial charge in [-0.2, -0.15) is 0 Å². The summed E-state index contributed by atoms with van der Waals surface area (Å²) in [5.41, 5.74) is 8.35. The molecule has 5 aromatic carbocycles. The first-order valence-corrected chi connectivity index (χ1v) is 12.6. The van der Waals surface area contributed by atoms with Gasteiger partial charge < -0.3 is 14.7 Å². The van der Waals surface area contributed by atoms with Crippen molar-refractivity contribution in [2.24, 2.45) is 0 Å². The number of benzene rings is 5. The predicted molar refractivity (Wildman–Crippen MR) is 152 cm³/mol. The van der Waals surface area contributed by atoms with E-state index in [1.54, 1.807) is 7.11 Å². The molecule has 0 atom stereocenters. The summed E-state index contributed by atoms with van der Waals surface area (Å²) in [6.45, 7) is -0.0976. The van der Waals surface area contributed by atoms with E-state index in [0.717, 1.165) is 38.2 Å². The largest absolute Gasteiger partial charge is 0.496 e. The number of rotatable bonds is 7. The lowest BCUT2D eigenvalue weighted by atomic mass is 10.0. The molecule has 36 heavy (non-hydrogen) atoms. The fourth-order valence-electron chi connectivity index (χ4n) is 4.36. The molecule has 0 bridgehead atoms. The van der Waals surface area contributed by atoms with Gasteiger partial charge >= 0.3 is 0 Å². The molecule has 0 saturated carbocycles. The molecule has 0 aliphatic rings. The molecule has 0 fully saturated rings. The lowest BCUT2D eigenvalue weighted by Gasteiger charge is -2.28. The normalized spacial score (nSPS) is 10.8. The smallest absolute Gasteiger partial charge is 0.126 e. The second-order valence-corrected chi connectivity index (χ2v) is 9.29. The van der Waals surface area contributed by atoms with Gasteiger partial charge in [0.1, 0.15) is 5.75 Å². The minimum Gasteiger partial charge on any atom is -0.496 e. The van der Waals surface area contributed by atoms with Crippen molar-refractivity contribution in [3.8, 4) is 28.0 Å². The number of ether oxygens (including phenoxy) is 1. The summed E-state index contributed by atoms with van der Waals surface area (Å²) in [6.07, 6.45) is 0. The third-order valence-electron chi connectivity index (χ3n) is 6.23. The number of hydrogen-bond acceptors (Lipinski definition) is 3. The Labute approximate surface area is 220 Å². The van der Waals surface area contributed by atoms with E-state index in [0.29, 0.717) is 5.75 Å². The maximum Gasteiger partial charge on any atom is 0.126 e. The molecule has 0 radical (unpaired) electrons. The van der Waals surface area contributed by atoms with Gasteiger partial charge in [0.15, 0.2) is 0 Å². The van der Waals surface area contributed by atoms with Crippen molar-refractivity contribution in [3.63, 3.8) is 0 Å². The summed E-state index contributed by atoms with van der Waals surface area (Å²) in [6, 6.07) is 41.7. The highest BCUT2D eigenvalue weighted by atomic mass is 79.9. The molecule has 4 heteroatoms. The first-order valence-electron chi connectivity index (χ1n) is 11.8. The number of aliphatic hydroxyl groups is 1. The van der Waals surface area contributed by atoms with E-state index in [2.05, 4.69) is 118 Å². The molecule has 5 aromatic rings. The van der Waals surface area contributed by atoms with Crippen molar-refractivity contribution >= 4 is 33.0 Å². The fourth-order valence-corrected chi connectivity index (χ4v) is 4.93. The van der Waals surface area contributed by atoms with Crippen LogP contribution in [-0.4, -0.2) is 12.2 Å². The molecule has 0 aliphatic heterocycles. The van der Waals surface area contributed by atoms with Crippen LogP contribution in [-0.2, 0) is 6.61 Å². The Morgan fingerprint density at radius 2 is 1.08 bits per heavy atom. The van der Waals surface area contributed by atoms with Crippen molar-refractivity contribution in [2.75, 3.05) is 12.0 Å². The molecular formula is C32H26BrNO2. The molecule has 0 aromatic heterocycles. The minimum atomic E-state index is -0.0976. The van der Waals surface area contributed by atoms with Crippen molar-refractivity contribution in [1.29, 1.82) is 0 Å². The Morgan fingerprint density at radius 1 is 0.639 bits per heavy atom. The third-order valence-corrected chi connectivity index (χ3v) is 6.86. The van der Waals surface area contributed by atoms with E-state index in [-0.39, 0.29) is 6.61 Å². The monoisotopic (exact) mass is 535 g/mol. The molecular weight excluding hydrogens is 510 g/mol. The van der Waals surface area contributed by atoms with Gasteiger partial charge in [-0.05, 0) is 68.5 Å². The van der Waals surface area contributed by atoms with Gasteiger partial charge in [-0.1, -0.05) is 84.9 Å². The van der Waals surface area contributed by atoms with Crippen molar-refractivity contribution in [3.05, 3.63) is 131 Å². The van der Waals surface area contributed by atoms with Gasteiger partial charge in [0.05, 0.1) is 19.4 Å². The molecule has 0 unspecified atom stereocenters. The molecule has 0 spiro atoms. The Balaban J connectivity index is 1.61. The minimum absolute atomic E-state index is 0.0976. The topological polar surface area (TPSA) is 32.7 Å². The lowest BCUT2D eigenvalue weighted by Crippen LogP contribution is -2.11. The van der Waals surface area contributed by atoms with E-state index >= 15 is 0 Å². The van der Waals surface area contributed by atoms with Crippen LogP contribution in [0.3, 0.4) is 0 Å². The maximum atomic E-state index is 9.80. The summed E-state index contributed by atoms with van der Waals surface area (Å²) < 4.78 is 6.47. The predicted octanol–water partition coefficient (Wildman–Crippen LogP) is 8.75. The Morgan fingerprint density at radius 3 is 1.50 bits per heavy atom. The summed E-state index contributed by atoms with van der Waals surface area (Å²) in [5, 5.41) is 9.80. The highest BCUT2D eigenvalue weighted by Crippen LogP contribution is 2.43. The zero-order chi connectivity index (χ0) is 24.9. The molecule has 0 amide bonds. The van der Waals surface area contributed by atoms with Gasteiger partial charge in [-0.15, -0.1) is 0 Å². The molecule has 0 aliphatic carbocycles. The Bertz CT molecular complexity index is 1350. The maximum absolute atomic E-state index is 9.80. The second-order valence-electron chi connectivity index (χ2n) is 8.43. The quantitative estimate of drug-likeness (QED) is 0.226. The van der Waals surface area contributed by atoms with Crippen LogP contribution in [0.5, 0.6) is 5.75 Å². The average Bonchev–Trinajstić information content (AvgIpc) is 2.95. The molecule has 3 nitrogen and oxygen atoms in total. The van der Waals surface area contributed by atoms with Gasteiger partial charge in [0.2, 0.25) is 0 Å². The van der Waals surface area contributed by atoms with Crippen LogP contribution in [0.25, 0.3) is 22.3 Å². The molecule has 5 rings (SSSR count). The Kier molecular flexibility index (Phi) is 7.17. The zero-order valence-corrected chi connectivity index (χ0v) is 21.5.